The molecule has 2 aromatic carbocycles. The second-order valence-corrected chi connectivity index (χ2v) is 5.18. The highest BCUT2D eigenvalue weighted by molar-refractivity contribution is 5.48. The van der Waals surface area contributed by atoms with Crippen LogP contribution in [0, 0.1) is 11.3 Å². The first-order chi connectivity index (χ1) is 11.7. The van der Waals surface area contributed by atoms with Gasteiger partial charge in [-0.25, -0.2) is 0 Å². The number of hydrogen-bond acceptors (Lipinski definition) is 5. The molecule has 0 saturated heterocycles. The van der Waals surface area contributed by atoms with Gasteiger partial charge in [0.1, 0.15) is 11.5 Å². The van der Waals surface area contributed by atoms with Crippen LogP contribution in [0.2, 0.25) is 0 Å². The van der Waals surface area contributed by atoms with Gasteiger partial charge in [0.2, 0.25) is 0 Å². The zero-order chi connectivity index (χ0) is 17.5. The summed E-state index contributed by atoms with van der Waals surface area (Å²) in [5.74, 6) is 2.53. The van der Waals surface area contributed by atoms with Crippen molar-refractivity contribution in [3.05, 3.63) is 47.5 Å². The zero-order valence-corrected chi connectivity index (χ0v) is 14.3. The fourth-order valence-corrected chi connectivity index (χ4v) is 2.62. The van der Waals surface area contributed by atoms with Crippen LogP contribution in [0.4, 0.5) is 0 Å². The smallest absolute Gasteiger partial charge is 0.161 e. The molecule has 0 amide bonds. The monoisotopic (exact) mass is 327 g/mol. The Morgan fingerprint density at radius 1 is 0.792 bits per heavy atom. The molecule has 0 saturated carbocycles. The van der Waals surface area contributed by atoms with Gasteiger partial charge in [0.25, 0.3) is 0 Å². The van der Waals surface area contributed by atoms with Gasteiger partial charge >= 0.3 is 0 Å². The summed E-state index contributed by atoms with van der Waals surface area (Å²) in [4.78, 5) is 0. The summed E-state index contributed by atoms with van der Waals surface area (Å²) >= 11 is 0. The van der Waals surface area contributed by atoms with Crippen molar-refractivity contribution in [2.45, 2.75) is 12.3 Å². The lowest BCUT2D eigenvalue weighted by Crippen LogP contribution is -2.03. The molecular weight excluding hydrogens is 306 g/mol. The molecule has 2 rings (SSSR count). The fourth-order valence-electron chi connectivity index (χ4n) is 2.62. The van der Waals surface area contributed by atoms with E-state index in [1.165, 1.54) is 0 Å². The minimum Gasteiger partial charge on any atom is -0.497 e. The number of nitriles is 1. The van der Waals surface area contributed by atoms with Crippen LogP contribution in [0.5, 0.6) is 23.0 Å². The topological polar surface area (TPSA) is 60.7 Å². The van der Waals surface area contributed by atoms with Crippen LogP contribution in [0.1, 0.15) is 23.5 Å². The van der Waals surface area contributed by atoms with Crippen molar-refractivity contribution in [3.63, 3.8) is 0 Å². The molecule has 0 heterocycles. The van der Waals surface area contributed by atoms with Crippen molar-refractivity contribution >= 4 is 0 Å². The number of methoxy groups -OCH3 is 4. The average Bonchev–Trinajstić information content (AvgIpc) is 2.64. The molecule has 0 unspecified atom stereocenters. The molecule has 0 aliphatic rings. The van der Waals surface area contributed by atoms with Gasteiger partial charge in [-0.2, -0.15) is 5.26 Å². The molecule has 0 bridgehead atoms. The maximum absolute atomic E-state index is 9.27. The highest BCUT2D eigenvalue weighted by atomic mass is 16.5. The number of rotatable bonds is 7. The van der Waals surface area contributed by atoms with Crippen molar-refractivity contribution in [2.24, 2.45) is 0 Å². The second-order valence-electron chi connectivity index (χ2n) is 5.18. The summed E-state index contributed by atoms with van der Waals surface area (Å²) < 4.78 is 21.3. The van der Waals surface area contributed by atoms with Gasteiger partial charge in [0.05, 0.1) is 34.5 Å². The van der Waals surface area contributed by atoms with E-state index in [0.29, 0.717) is 29.4 Å². The van der Waals surface area contributed by atoms with Gasteiger partial charge in [-0.3, -0.25) is 0 Å². The number of ether oxygens (including phenoxy) is 4. The van der Waals surface area contributed by atoms with Gasteiger partial charge in [-0.05, 0) is 35.4 Å². The number of nitrogens with zero attached hydrogens (tertiary/aromatic N) is 1. The van der Waals surface area contributed by atoms with Crippen LogP contribution in [0.25, 0.3) is 0 Å². The lowest BCUT2D eigenvalue weighted by Gasteiger charge is -2.18. The first-order valence-electron chi connectivity index (χ1n) is 7.48. The Hall–Kier alpha value is -2.87. The SMILES string of the molecule is COc1cc(OC)cc([C@@H](CC#N)c2ccc(OC)c(OC)c2)c1. The van der Waals surface area contributed by atoms with Crippen molar-refractivity contribution < 1.29 is 18.9 Å². The summed E-state index contributed by atoms with van der Waals surface area (Å²) in [6.07, 6.45) is 0.325. The lowest BCUT2D eigenvalue weighted by molar-refractivity contribution is 0.354. The van der Waals surface area contributed by atoms with Gasteiger partial charge in [0.15, 0.2) is 11.5 Å². The molecule has 0 aliphatic carbocycles. The van der Waals surface area contributed by atoms with Crippen LogP contribution in [-0.4, -0.2) is 28.4 Å². The molecule has 0 radical (unpaired) electrons. The van der Waals surface area contributed by atoms with Crippen LogP contribution < -0.4 is 18.9 Å². The molecule has 0 fully saturated rings. The molecular formula is C19H21NO4. The minimum absolute atomic E-state index is 0.126. The van der Waals surface area contributed by atoms with E-state index in [-0.39, 0.29) is 5.92 Å². The van der Waals surface area contributed by atoms with Crippen LogP contribution in [0.3, 0.4) is 0 Å². The lowest BCUT2D eigenvalue weighted by atomic mass is 9.88. The van der Waals surface area contributed by atoms with E-state index in [9.17, 15) is 5.26 Å². The highest BCUT2D eigenvalue weighted by Crippen LogP contribution is 2.37. The third kappa shape index (κ3) is 3.72. The minimum atomic E-state index is -0.126. The van der Waals surface area contributed by atoms with E-state index < -0.39 is 0 Å². The first-order valence-corrected chi connectivity index (χ1v) is 7.48. The van der Waals surface area contributed by atoms with E-state index in [1.807, 2.05) is 36.4 Å². The standard InChI is InChI=1S/C19H21NO4/c1-21-15-9-14(10-16(12-15)22-2)17(7-8-20)13-5-6-18(23-3)19(11-13)24-4/h5-6,9-12,17H,7H2,1-4H3/t17-/m0/s1. The summed E-state index contributed by atoms with van der Waals surface area (Å²) in [7, 11) is 6.40. The Morgan fingerprint density at radius 3 is 1.92 bits per heavy atom. The number of hydrogen-bond donors (Lipinski definition) is 0. The molecule has 2 aromatic rings. The van der Waals surface area contributed by atoms with Gasteiger partial charge in [-0.1, -0.05) is 6.07 Å². The van der Waals surface area contributed by atoms with E-state index >= 15 is 0 Å². The average molecular weight is 327 g/mol. The van der Waals surface area contributed by atoms with E-state index in [4.69, 9.17) is 18.9 Å². The molecule has 0 aromatic heterocycles. The van der Waals surface area contributed by atoms with Gasteiger partial charge in [-0.15, -0.1) is 0 Å². The molecule has 126 valence electrons. The second kappa shape index (κ2) is 8.11. The molecule has 1 atom stereocenters. The Bertz CT molecular complexity index is 714. The highest BCUT2D eigenvalue weighted by Gasteiger charge is 2.18. The predicted molar refractivity (Wildman–Crippen MR) is 91.2 cm³/mol. The third-order valence-electron chi connectivity index (χ3n) is 3.88. The fraction of sp³-hybridized carbons (Fsp3) is 0.316. The predicted octanol–water partition coefficient (Wildman–Crippen LogP) is 3.77. The third-order valence-corrected chi connectivity index (χ3v) is 3.88. The van der Waals surface area contributed by atoms with E-state index in [1.54, 1.807) is 28.4 Å². The Labute approximate surface area is 142 Å². The van der Waals surface area contributed by atoms with Crippen LogP contribution in [0.15, 0.2) is 36.4 Å². The first kappa shape index (κ1) is 17.5. The quantitative estimate of drug-likeness (QED) is 0.775. The van der Waals surface area contributed by atoms with Gasteiger partial charge in [0, 0.05) is 18.4 Å². The Morgan fingerprint density at radius 2 is 1.42 bits per heavy atom. The van der Waals surface area contributed by atoms with E-state index in [2.05, 4.69) is 6.07 Å². The summed E-state index contributed by atoms with van der Waals surface area (Å²) in [5, 5.41) is 9.27. The normalized spacial score (nSPS) is 11.3. The zero-order valence-electron chi connectivity index (χ0n) is 14.3. The molecule has 0 N–H and O–H groups in total. The van der Waals surface area contributed by atoms with E-state index in [0.717, 1.165) is 11.1 Å². The summed E-state index contributed by atoms with van der Waals surface area (Å²) in [6, 6.07) is 13.6. The largest absolute Gasteiger partial charge is 0.497 e. The Kier molecular flexibility index (Phi) is 5.91. The van der Waals surface area contributed by atoms with Crippen molar-refractivity contribution in [2.75, 3.05) is 28.4 Å². The molecule has 24 heavy (non-hydrogen) atoms. The molecule has 0 spiro atoms. The van der Waals surface area contributed by atoms with Crippen LogP contribution in [-0.2, 0) is 0 Å². The van der Waals surface area contributed by atoms with Crippen molar-refractivity contribution in [1.29, 1.82) is 5.26 Å². The molecule has 5 nitrogen and oxygen atoms in total. The summed E-state index contributed by atoms with van der Waals surface area (Å²) in [5.41, 5.74) is 1.91. The maximum Gasteiger partial charge on any atom is 0.161 e. The maximum atomic E-state index is 9.27. The van der Waals surface area contributed by atoms with Gasteiger partial charge < -0.3 is 18.9 Å². The molecule has 0 aliphatic heterocycles. The van der Waals surface area contributed by atoms with Crippen molar-refractivity contribution in [3.8, 4) is 29.1 Å². The summed E-state index contributed by atoms with van der Waals surface area (Å²) in [6.45, 7) is 0. The molecule has 5 heteroatoms. The van der Waals surface area contributed by atoms with Crippen molar-refractivity contribution in [1.82, 2.24) is 0 Å². The number of benzene rings is 2. The Balaban J connectivity index is 2.52. The van der Waals surface area contributed by atoms with Crippen LogP contribution >= 0.6 is 0 Å².